The lowest BCUT2D eigenvalue weighted by atomic mass is 10.2. The highest BCUT2D eigenvalue weighted by Crippen LogP contribution is 2.23. The number of amides is 1. The first-order chi connectivity index (χ1) is 11.1. The number of rotatable bonds is 3. The molecule has 23 heavy (non-hydrogen) atoms. The van der Waals surface area contributed by atoms with Gasteiger partial charge in [-0.2, -0.15) is 0 Å². The number of nitrogens with zero attached hydrogens (tertiary/aromatic N) is 1. The second kappa shape index (κ2) is 7.34. The third-order valence-electron chi connectivity index (χ3n) is 3.67. The number of ether oxygens (including phenoxy) is 1. The fourth-order valence-corrected chi connectivity index (χ4v) is 3.01. The largest absolute Gasteiger partial charge is 0.378 e. The van der Waals surface area contributed by atoms with Gasteiger partial charge in [0.1, 0.15) is 0 Å². The number of hydrogen-bond donors (Lipinski definition) is 1. The molecule has 1 aliphatic heterocycles. The van der Waals surface area contributed by atoms with E-state index in [4.69, 9.17) is 16.3 Å². The average Bonchev–Trinajstić information content (AvgIpc) is 2.58. The van der Waals surface area contributed by atoms with E-state index < -0.39 is 0 Å². The molecule has 0 radical (unpaired) electrons. The third-order valence-corrected chi connectivity index (χ3v) is 4.50. The highest BCUT2D eigenvalue weighted by molar-refractivity contribution is 9.10. The Labute approximate surface area is 148 Å². The molecule has 2 aromatic rings. The lowest BCUT2D eigenvalue weighted by molar-refractivity contribution is 0.102. The van der Waals surface area contributed by atoms with Crippen LogP contribution in [0.4, 0.5) is 11.4 Å². The van der Waals surface area contributed by atoms with Crippen molar-refractivity contribution in [1.29, 1.82) is 0 Å². The van der Waals surface area contributed by atoms with Gasteiger partial charge in [0, 0.05) is 28.9 Å². The quantitative estimate of drug-likeness (QED) is 0.847. The summed E-state index contributed by atoms with van der Waals surface area (Å²) in [5.41, 5.74) is 2.31. The Bertz CT molecular complexity index is 700. The highest BCUT2D eigenvalue weighted by Gasteiger charge is 2.13. The summed E-state index contributed by atoms with van der Waals surface area (Å²) in [6, 6.07) is 13.0. The molecule has 0 unspecified atom stereocenters. The molecule has 3 rings (SSSR count). The number of anilines is 2. The van der Waals surface area contributed by atoms with E-state index in [1.807, 2.05) is 24.3 Å². The van der Waals surface area contributed by atoms with E-state index in [2.05, 4.69) is 26.1 Å². The predicted octanol–water partition coefficient (Wildman–Crippen LogP) is 4.19. The summed E-state index contributed by atoms with van der Waals surface area (Å²) in [6.45, 7) is 3.28. The lowest BCUT2D eigenvalue weighted by Gasteiger charge is -2.28. The summed E-state index contributed by atoms with van der Waals surface area (Å²) in [5, 5.41) is 3.30. The van der Waals surface area contributed by atoms with Gasteiger partial charge in [-0.3, -0.25) is 4.79 Å². The Kier molecular flexibility index (Phi) is 5.20. The molecule has 4 nitrogen and oxygen atoms in total. The number of benzene rings is 2. The summed E-state index contributed by atoms with van der Waals surface area (Å²) in [4.78, 5) is 14.6. The van der Waals surface area contributed by atoms with Gasteiger partial charge in [0.05, 0.1) is 23.8 Å². The maximum Gasteiger partial charge on any atom is 0.257 e. The van der Waals surface area contributed by atoms with Gasteiger partial charge in [0.15, 0.2) is 0 Å². The van der Waals surface area contributed by atoms with Crippen LogP contribution in [0.15, 0.2) is 46.9 Å². The fourth-order valence-electron chi connectivity index (χ4n) is 2.45. The summed E-state index contributed by atoms with van der Waals surface area (Å²) >= 11 is 9.43. The molecular weight excluding hydrogens is 380 g/mol. The molecule has 0 atom stereocenters. The maximum absolute atomic E-state index is 12.3. The Morgan fingerprint density at radius 2 is 1.83 bits per heavy atom. The number of hydrogen-bond acceptors (Lipinski definition) is 3. The van der Waals surface area contributed by atoms with Crippen LogP contribution in [0.1, 0.15) is 10.4 Å². The SMILES string of the molecule is O=C(Nc1ccc(N2CCOCC2)cc1)c1cc(Br)ccc1Cl. The zero-order valence-corrected chi connectivity index (χ0v) is 14.7. The smallest absolute Gasteiger partial charge is 0.257 e. The van der Waals surface area contributed by atoms with Crippen molar-refractivity contribution in [3.05, 3.63) is 57.5 Å². The van der Waals surface area contributed by atoms with Crippen molar-refractivity contribution in [3.63, 3.8) is 0 Å². The Hall–Kier alpha value is -1.56. The molecular formula is C17H16BrClN2O2. The molecule has 0 aromatic heterocycles. The van der Waals surface area contributed by atoms with Gasteiger partial charge < -0.3 is 15.0 Å². The zero-order valence-electron chi connectivity index (χ0n) is 12.4. The third kappa shape index (κ3) is 4.05. The first-order valence-corrected chi connectivity index (χ1v) is 8.50. The molecule has 0 saturated carbocycles. The molecule has 1 heterocycles. The van der Waals surface area contributed by atoms with Crippen LogP contribution < -0.4 is 10.2 Å². The van der Waals surface area contributed by atoms with Gasteiger partial charge in [-0.15, -0.1) is 0 Å². The van der Waals surface area contributed by atoms with Crippen molar-refractivity contribution in [3.8, 4) is 0 Å². The minimum Gasteiger partial charge on any atom is -0.378 e. The van der Waals surface area contributed by atoms with Gasteiger partial charge in [-0.05, 0) is 42.5 Å². The number of halogens is 2. The molecule has 6 heteroatoms. The molecule has 1 N–H and O–H groups in total. The molecule has 1 fully saturated rings. The van der Waals surface area contributed by atoms with Crippen LogP contribution in [0.2, 0.25) is 5.02 Å². The summed E-state index contributed by atoms with van der Waals surface area (Å²) < 4.78 is 6.17. The standard InChI is InChI=1S/C17H16BrClN2O2/c18-12-1-6-16(19)15(11-12)17(22)20-13-2-4-14(5-3-13)21-7-9-23-10-8-21/h1-6,11H,7-10H2,(H,20,22). The topological polar surface area (TPSA) is 41.6 Å². The van der Waals surface area contributed by atoms with Crippen molar-refractivity contribution in [2.45, 2.75) is 0 Å². The molecule has 0 aliphatic carbocycles. The van der Waals surface area contributed by atoms with Gasteiger partial charge in [-0.1, -0.05) is 27.5 Å². The molecule has 1 aliphatic rings. The van der Waals surface area contributed by atoms with Crippen molar-refractivity contribution in [2.75, 3.05) is 36.5 Å². The minimum absolute atomic E-state index is 0.226. The predicted molar refractivity (Wildman–Crippen MR) is 96.6 cm³/mol. The van der Waals surface area contributed by atoms with E-state index in [0.29, 0.717) is 10.6 Å². The van der Waals surface area contributed by atoms with Crippen LogP contribution in [0.3, 0.4) is 0 Å². The lowest BCUT2D eigenvalue weighted by Crippen LogP contribution is -2.36. The normalized spacial score (nSPS) is 14.6. The minimum atomic E-state index is -0.226. The summed E-state index contributed by atoms with van der Waals surface area (Å²) in [7, 11) is 0. The van der Waals surface area contributed by atoms with Gasteiger partial charge in [-0.25, -0.2) is 0 Å². The van der Waals surface area contributed by atoms with Crippen LogP contribution in [-0.2, 0) is 4.74 Å². The van der Waals surface area contributed by atoms with Crippen molar-refractivity contribution < 1.29 is 9.53 Å². The number of carbonyl (C=O) groups is 1. The monoisotopic (exact) mass is 394 g/mol. The number of carbonyl (C=O) groups excluding carboxylic acids is 1. The Morgan fingerprint density at radius 3 is 2.52 bits per heavy atom. The summed E-state index contributed by atoms with van der Waals surface area (Å²) in [6.07, 6.45) is 0. The van der Waals surface area contributed by atoms with Crippen LogP contribution in [-0.4, -0.2) is 32.2 Å². The van der Waals surface area contributed by atoms with Gasteiger partial charge >= 0.3 is 0 Å². The number of morpholine rings is 1. The molecule has 2 aromatic carbocycles. The van der Waals surface area contributed by atoms with Crippen LogP contribution in [0, 0.1) is 0 Å². The molecule has 0 bridgehead atoms. The van der Waals surface area contributed by atoms with E-state index >= 15 is 0 Å². The Balaban J connectivity index is 1.70. The van der Waals surface area contributed by atoms with E-state index in [-0.39, 0.29) is 5.91 Å². The average molecular weight is 396 g/mol. The van der Waals surface area contributed by atoms with Crippen molar-refractivity contribution >= 4 is 44.8 Å². The van der Waals surface area contributed by atoms with E-state index in [1.165, 1.54) is 0 Å². The van der Waals surface area contributed by atoms with E-state index in [9.17, 15) is 4.79 Å². The zero-order chi connectivity index (χ0) is 16.2. The molecule has 1 amide bonds. The molecule has 120 valence electrons. The van der Waals surface area contributed by atoms with E-state index in [0.717, 1.165) is 42.2 Å². The maximum atomic E-state index is 12.3. The second-order valence-electron chi connectivity index (χ2n) is 5.22. The second-order valence-corrected chi connectivity index (χ2v) is 6.55. The first-order valence-electron chi connectivity index (χ1n) is 7.32. The van der Waals surface area contributed by atoms with Crippen LogP contribution in [0.5, 0.6) is 0 Å². The first kappa shape index (κ1) is 16.3. The molecule has 0 spiro atoms. The summed E-state index contributed by atoms with van der Waals surface area (Å²) in [5.74, 6) is -0.226. The van der Waals surface area contributed by atoms with Crippen molar-refractivity contribution in [2.24, 2.45) is 0 Å². The van der Waals surface area contributed by atoms with Crippen molar-refractivity contribution in [1.82, 2.24) is 0 Å². The van der Waals surface area contributed by atoms with Crippen LogP contribution in [0.25, 0.3) is 0 Å². The van der Waals surface area contributed by atoms with Gasteiger partial charge in [0.25, 0.3) is 5.91 Å². The molecule has 1 saturated heterocycles. The van der Waals surface area contributed by atoms with Gasteiger partial charge in [0.2, 0.25) is 0 Å². The fraction of sp³-hybridized carbons (Fsp3) is 0.235. The number of nitrogens with one attached hydrogen (secondary N) is 1. The van der Waals surface area contributed by atoms with E-state index in [1.54, 1.807) is 18.2 Å². The Morgan fingerprint density at radius 1 is 1.13 bits per heavy atom. The van der Waals surface area contributed by atoms with Crippen LogP contribution >= 0.6 is 27.5 Å². The highest BCUT2D eigenvalue weighted by atomic mass is 79.9.